The summed E-state index contributed by atoms with van der Waals surface area (Å²) in [6.07, 6.45) is 3.21. The molecule has 7 nitrogen and oxygen atoms in total. The van der Waals surface area contributed by atoms with Gasteiger partial charge in [-0.3, -0.25) is 20.2 Å². The average molecular weight is 298 g/mol. The lowest BCUT2D eigenvalue weighted by Gasteiger charge is -2.21. The predicted molar refractivity (Wildman–Crippen MR) is 74.1 cm³/mol. The zero-order valence-corrected chi connectivity index (χ0v) is 11.5. The lowest BCUT2D eigenvalue weighted by Crippen LogP contribution is -2.21. The maximum absolute atomic E-state index is 11.0. The summed E-state index contributed by atoms with van der Waals surface area (Å²) in [5, 5.41) is 21.6. The van der Waals surface area contributed by atoms with Crippen molar-refractivity contribution in [2.24, 2.45) is 0 Å². The van der Waals surface area contributed by atoms with Crippen LogP contribution in [0.2, 0.25) is 0 Å². The maximum atomic E-state index is 11.0. The normalized spacial score (nSPS) is 18.7. The van der Waals surface area contributed by atoms with Crippen molar-refractivity contribution in [3.8, 4) is 0 Å². The molecule has 1 aliphatic rings. The summed E-state index contributed by atoms with van der Waals surface area (Å²) in [7, 11) is 0. The third-order valence-corrected chi connectivity index (χ3v) is 4.24. The molecule has 1 fully saturated rings. The van der Waals surface area contributed by atoms with Crippen molar-refractivity contribution in [3.63, 3.8) is 0 Å². The summed E-state index contributed by atoms with van der Waals surface area (Å²) < 4.78 is 5.56. The van der Waals surface area contributed by atoms with Gasteiger partial charge in [0.15, 0.2) is 0 Å². The number of nitro benzene ring substituents is 2. The molecule has 1 saturated heterocycles. The molecule has 0 N–H and O–H groups in total. The highest BCUT2D eigenvalue weighted by atomic mass is 32.2. The van der Waals surface area contributed by atoms with Crippen molar-refractivity contribution in [2.45, 2.75) is 30.3 Å². The minimum Gasteiger partial charge on any atom is -0.377 e. The SMILES string of the molecule is O=[N+]([O-])c1ccc(SCC2CCCCO2)c([N+](=O)[O-])c1. The first kappa shape index (κ1) is 14.7. The summed E-state index contributed by atoms with van der Waals surface area (Å²) in [5.74, 6) is 0.624. The third kappa shape index (κ3) is 3.67. The Morgan fingerprint density at radius 1 is 1.25 bits per heavy atom. The number of ether oxygens (including phenoxy) is 1. The Morgan fingerprint density at radius 3 is 2.65 bits per heavy atom. The topological polar surface area (TPSA) is 95.5 Å². The Balaban J connectivity index is 2.09. The second-order valence-electron chi connectivity index (χ2n) is 4.47. The van der Waals surface area contributed by atoms with Crippen molar-refractivity contribution in [1.82, 2.24) is 0 Å². The second-order valence-corrected chi connectivity index (χ2v) is 5.53. The fourth-order valence-corrected chi connectivity index (χ4v) is 3.08. The summed E-state index contributed by atoms with van der Waals surface area (Å²) in [6, 6.07) is 3.73. The van der Waals surface area contributed by atoms with Crippen LogP contribution < -0.4 is 0 Å². The van der Waals surface area contributed by atoms with Crippen LogP contribution >= 0.6 is 11.8 Å². The summed E-state index contributed by atoms with van der Waals surface area (Å²) in [6.45, 7) is 0.730. The van der Waals surface area contributed by atoms with Gasteiger partial charge in [-0.1, -0.05) is 0 Å². The zero-order chi connectivity index (χ0) is 14.5. The van der Waals surface area contributed by atoms with Gasteiger partial charge < -0.3 is 4.74 Å². The maximum Gasteiger partial charge on any atom is 0.289 e. The minimum absolute atomic E-state index is 0.101. The molecule has 1 atom stereocenters. The van der Waals surface area contributed by atoms with E-state index in [1.807, 2.05) is 0 Å². The van der Waals surface area contributed by atoms with E-state index in [0.717, 1.165) is 31.9 Å². The quantitative estimate of drug-likeness (QED) is 0.470. The fraction of sp³-hybridized carbons (Fsp3) is 0.500. The lowest BCUT2D eigenvalue weighted by molar-refractivity contribution is -0.396. The number of nitrogens with zero attached hydrogens (tertiary/aromatic N) is 2. The van der Waals surface area contributed by atoms with E-state index in [0.29, 0.717) is 10.6 Å². The van der Waals surface area contributed by atoms with Gasteiger partial charge in [-0.2, -0.15) is 0 Å². The number of nitro groups is 2. The molecule has 0 aromatic heterocycles. The second kappa shape index (κ2) is 6.67. The number of thioether (sulfide) groups is 1. The summed E-state index contributed by atoms with van der Waals surface area (Å²) in [5.41, 5.74) is -0.491. The van der Waals surface area contributed by atoms with Crippen molar-refractivity contribution in [1.29, 1.82) is 0 Å². The van der Waals surface area contributed by atoms with Crippen molar-refractivity contribution in [2.75, 3.05) is 12.4 Å². The van der Waals surface area contributed by atoms with Crippen LogP contribution in [-0.2, 0) is 4.74 Å². The molecule has 1 heterocycles. The van der Waals surface area contributed by atoms with Crippen LogP contribution in [0.25, 0.3) is 0 Å². The molecule has 0 bridgehead atoms. The summed E-state index contributed by atoms with van der Waals surface area (Å²) in [4.78, 5) is 20.9. The number of rotatable bonds is 5. The Labute approximate surface area is 119 Å². The first-order chi connectivity index (χ1) is 9.58. The molecule has 8 heteroatoms. The molecular weight excluding hydrogens is 284 g/mol. The van der Waals surface area contributed by atoms with Crippen LogP contribution in [0.3, 0.4) is 0 Å². The van der Waals surface area contributed by atoms with Crippen molar-refractivity contribution < 1.29 is 14.6 Å². The number of benzene rings is 1. The molecule has 1 aromatic rings. The van der Waals surface area contributed by atoms with Gasteiger partial charge >= 0.3 is 0 Å². The van der Waals surface area contributed by atoms with E-state index in [1.165, 1.54) is 23.9 Å². The molecule has 20 heavy (non-hydrogen) atoms. The van der Waals surface area contributed by atoms with Crippen LogP contribution in [0.5, 0.6) is 0 Å². The molecule has 2 rings (SSSR count). The zero-order valence-electron chi connectivity index (χ0n) is 10.7. The third-order valence-electron chi connectivity index (χ3n) is 3.05. The van der Waals surface area contributed by atoms with Gasteiger partial charge in [0.05, 0.1) is 26.9 Å². The average Bonchev–Trinajstić information content (AvgIpc) is 2.45. The van der Waals surface area contributed by atoms with E-state index >= 15 is 0 Å². The van der Waals surface area contributed by atoms with E-state index in [2.05, 4.69) is 0 Å². The smallest absolute Gasteiger partial charge is 0.289 e. The van der Waals surface area contributed by atoms with Crippen LogP contribution in [0.4, 0.5) is 11.4 Å². The highest BCUT2D eigenvalue weighted by Gasteiger charge is 2.21. The minimum atomic E-state index is -0.633. The molecule has 1 aliphatic heterocycles. The fourth-order valence-electron chi connectivity index (χ4n) is 2.01. The Kier molecular flexibility index (Phi) is 4.91. The van der Waals surface area contributed by atoms with E-state index in [4.69, 9.17) is 4.74 Å². The molecule has 0 spiro atoms. The molecule has 0 amide bonds. The number of hydrogen-bond donors (Lipinski definition) is 0. The van der Waals surface area contributed by atoms with E-state index < -0.39 is 9.85 Å². The van der Waals surface area contributed by atoms with Gasteiger partial charge in [0.1, 0.15) is 0 Å². The van der Waals surface area contributed by atoms with E-state index in [9.17, 15) is 20.2 Å². The first-order valence-electron chi connectivity index (χ1n) is 6.25. The van der Waals surface area contributed by atoms with Gasteiger partial charge in [-0.25, -0.2) is 0 Å². The number of non-ortho nitro benzene ring substituents is 1. The van der Waals surface area contributed by atoms with Crippen LogP contribution in [0, 0.1) is 20.2 Å². The lowest BCUT2D eigenvalue weighted by atomic mass is 10.1. The monoisotopic (exact) mass is 298 g/mol. The van der Waals surface area contributed by atoms with Gasteiger partial charge in [0, 0.05) is 18.4 Å². The standard InChI is InChI=1S/C12H14N2O5S/c15-13(16)9-4-5-12(11(7-9)14(17)18)20-8-10-3-1-2-6-19-10/h4-5,7,10H,1-3,6,8H2. The van der Waals surface area contributed by atoms with Gasteiger partial charge in [0.2, 0.25) is 0 Å². The predicted octanol–water partition coefficient (Wildman–Crippen LogP) is 3.16. The van der Waals surface area contributed by atoms with Crippen molar-refractivity contribution >= 4 is 23.1 Å². The molecule has 1 aromatic carbocycles. The molecule has 1 unspecified atom stereocenters. The Bertz CT molecular complexity index is 517. The van der Waals surface area contributed by atoms with Crippen LogP contribution in [-0.4, -0.2) is 28.3 Å². The van der Waals surface area contributed by atoms with Crippen LogP contribution in [0.15, 0.2) is 23.1 Å². The van der Waals surface area contributed by atoms with Crippen LogP contribution in [0.1, 0.15) is 19.3 Å². The van der Waals surface area contributed by atoms with Gasteiger partial charge in [0.25, 0.3) is 11.4 Å². The number of hydrogen-bond acceptors (Lipinski definition) is 6. The van der Waals surface area contributed by atoms with Gasteiger partial charge in [-0.15, -0.1) is 11.8 Å². The highest BCUT2D eigenvalue weighted by molar-refractivity contribution is 7.99. The van der Waals surface area contributed by atoms with E-state index in [1.54, 1.807) is 0 Å². The van der Waals surface area contributed by atoms with Gasteiger partial charge in [-0.05, 0) is 25.3 Å². The molecule has 0 saturated carbocycles. The van der Waals surface area contributed by atoms with E-state index in [-0.39, 0.29) is 17.5 Å². The Morgan fingerprint density at radius 2 is 2.05 bits per heavy atom. The largest absolute Gasteiger partial charge is 0.377 e. The molecular formula is C12H14N2O5S. The highest BCUT2D eigenvalue weighted by Crippen LogP contribution is 2.33. The van der Waals surface area contributed by atoms with Crippen molar-refractivity contribution in [3.05, 3.63) is 38.4 Å². The first-order valence-corrected chi connectivity index (χ1v) is 7.23. The summed E-state index contributed by atoms with van der Waals surface area (Å²) >= 11 is 1.31. The molecule has 108 valence electrons. The molecule has 0 aliphatic carbocycles. The Hall–Kier alpha value is -1.67. The molecule has 0 radical (unpaired) electrons.